The summed E-state index contributed by atoms with van der Waals surface area (Å²) in [5.74, 6) is -0.717. The molecular weight excluding hydrogens is 400 g/mol. The second-order valence-corrected chi connectivity index (χ2v) is 7.66. The van der Waals surface area contributed by atoms with E-state index in [4.69, 9.17) is 4.42 Å². The van der Waals surface area contributed by atoms with Gasteiger partial charge in [-0.15, -0.1) is 0 Å². The van der Waals surface area contributed by atoms with E-state index < -0.39 is 11.7 Å². The van der Waals surface area contributed by atoms with Crippen LogP contribution in [0.4, 0.5) is 0 Å². The van der Waals surface area contributed by atoms with Crippen molar-refractivity contribution < 1.29 is 14.0 Å². The molecule has 0 saturated heterocycles. The highest BCUT2D eigenvalue weighted by Crippen LogP contribution is 2.25. The van der Waals surface area contributed by atoms with Gasteiger partial charge in [-0.1, -0.05) is 12.5 Å². The first-order chi connectivity index (χ1) is 15.1. The Morgan fingerprint density at radius 2 is 2.03 bits per heavy atom. The summed E-state index contributed by atoms with van der Waals surface area (Å²) in [6, 6.07) is 8.24. The van der Waals surface area contributed by atoms with Crippen molar-refractivity contribution in [2.45, 2.75) is 25.8 Å². The third-order valence-corrected chi connectivity index (χ3v) is 5.54. The molecule has 0 bridgehead atoms. The minimum absolute atomic E-state index is 0.125. The zero-order valence-corrected chi connectivity index (χ0v) is 16.6. The number of aromatic nitrogens is 4. The van der Waals surface area contributed by atoms with Crippen molar-refractivity contribution >= 4 is 28.6 Å². The Bertz CT molecular complexity index is 1350. The van der Waals surface area contributed by atoms with Crippen molar-refractivity contribution in [3.8, 4) is 0 Å². The summed E-state index contributed by atoms with van der Waals surface area (Å²) in [7, 11) is 0. The van der Waals surface area contributed by atoms with Crippen LogP contribution in [0.2, 0.25) is 0 Å². The third-order valence-electron chi connectivity index (χ3n) is 5.54. The predicted molar refractivity (Wildman–Crippen MR) is 111 cm³/mol. The average molecular weight is 420 g/mol. The van der Waals surface area contributed by atoms with Gasteiger partial charge in [-0.2, -0.15) is 5.10 Å². The molecule has 0 spiro atoms. The van der Waals surface area contributed by atoms with Crippen LogP contribution in [-0.2, 0) is 6.54 Å². The van der Waals surface area contributed by atoms with Crippen LogP contribution in [-0.4, -0.2) is 37.9 Å². The van der Waals surface area contributed by atoms with Gasteiger partial charge in [-0.25, -0.2) is 14.3 Å². The van der Waals surface area contributed by atoms with Crippen molar-refractivity contribution in [3.05, 3.63) is 64.0 Å². The van der Waals surface area contributed by atoms with Crippen molar-refractivity contribution in [3.63, 3.8) is 0 Å². The Hall–Kier alpha value is -3.95. The Kier molecular flexibility index (Phi) is 4.73. The zero-order valence-electron chi connectivity index (χ0n) is 16.6. The van der Waals surface area contributed by atoms with Crippen molar-refractivity contribution in [1.29, 1.82) is 0 Å². The molecule has 0 unspecified atom stereocenters. The van der Waals surface area contributed by atoms with Gasteiger partial charge < -0.3 is 15.1 Å². The fourth-order valence-electron chi connectivity index (χ4n) is 3.60. The van der Waals surface area contributed by atoms with Gasteiger partial charge in [0, 0.05) is 25.2 Å². The quantitative estimate of drug-likeness (QED) is 0.434. The highest BCUT2D eigenvalue weighted by Gasteiger charge is 2.21. The number of benzene rings is 1. The summed E-state index contributed by atoms with van der Waals surface area (Å²) in [5.41, 5.74) is 2.59. The van der Waals surface area contributed by atoms with E-state index in [2.05, 4.69) is 25.7 Å². The normalized spacial score (nSPS) is 13.9. The van der Waals surface area contributed by atoms with E-state index in [0.717, 1.165) is 18.4 Å². The van der Waals surface area contributed by atoms with Gasteiger partial charge in [0.25, 0.3) is 11.8 Å². The second-order valence-electron chi connectivity index (χ2n) is 7.66. The molecule has 1 aliphatic rings. The molecule has 158 valence electrons. The SMILES string of the molecule is O=C(NCc1ccc2oc(=O)[nH]c2c1)c1cc(C(=O)NCC2CCC2)n2nccc2n1. The minimum atomic E-state index is -0.530. The summed E-state index contributed by atoms with van der Waals surface area (Å²) < 4.78 is 6.40. The summed E-state index contributed by atoms with van der Waals surface area (Å²) in [5, 5.41) is 9.87. The number of aromatic amines is 1. The van der Waals surface area contributed by atoms with E-state index in [0.29, 0.717) is 29.2 Å². The lowest BCUT2D eigenvalue weighted by molar-refractivity contribution is 0.0931. The molecular formula is C21H20N6O4. The first-order valence-electron chi connectivity index (χ1n) is 10.1. The Morgan fingerprint density at radius 1 is 1.16 bits per heavy atom. The molecule has 1 saturated carbocycles. The average Bonchev–Trinajstić information content (AvgIpc) is 3.34. The van der Waals surface area contributed by atoms with Crippen LogP contribution < -0.4 is 16.4 Å². The molecule has 0 radical (unpaired) electrons. The van der Waals surface area contributed by atoms with Crippen molar-refractivity contribution in [2.24, 2.45) is 5.92 Å². The highest BCUT2D eigenvalue weighted by atomic mass is 16.4. The van der Waals surface area contributed by atoms with Gasteiger partial charge in [0.1, 0.15) is 11.4 Å². The number of carbonyl (C=O) groups excluding carboxylic acids is 2. The number of hydrogen-bond acceptors (Lipinski definition) is 6. The number of rotatable bonds is 6. The Balaban J connectivity index is 1.33. The fraction of sp³-hybridized carbons (Fsp3) is 0.286. The maximum absolute atomic E-state index is 12.7. The Labute approximate surface area is 175 Å². The minimum Gasteiger partial charge on any atom is -0.408 e. The van der Waals surface area contributed by atoms with Crippen LogP contribution in [0, 0.1) is 5.92 Å². The van der Waals surface area contributed by atoms with Gasteiger partial charge in [-0.3, -0.25) is 14.6 Å². The van der Waals surface area contributed by atoms with Gasteiger partial charge in [-0.05, 0) is 36.5 Å². The molecule has 1 aliphatic carbocycles. The van der Waals surface area contributed by atoms with Crippen LogP contribution in [0.15, 0.2) is 45.7 Å². The topological polar surface area (TPSA) is 134 Å². The molecule has 3 N–H and O–H groups in total. The van der Waals surface area contributed by atoms with Crippen LogP contribution in [0.5, 0.6) is 0 Å². The summed E-state index contributed by atoms with van der Waals surface area (Å²) in [6.45, 7) is 0.835. The van der Waals surface area contributed by atoms with Crippen LogP contribution in [0.1, 0.15) is 45.8 Å². The molecule has 1 aromatic carbocycles. The summed E-state index contributed by atoms with van der Waals surface area (Å²) >= 11 is 0. The van der Waals surface area contributed by atoms with E-state index in [1.54, 1.807) is 24.3 Å². The molecule has 0 atom stereocenters. The monoisotopic (exact) mass is 420 g/mol. The number of fused-ring (bicyclic) bond motifs is 2. The smallest absolute Gasteiger partial charge is 0.408 e. The summed E-state index contributed by atoms with van der Waals surface area (Å²) in [4.78, 5) is 43.6. The molecule has 3 aromatic heterocycles. The Morgan fingerprint density at radius 3 is 2.84 bits per heavy atom. The molecule has 10 heteroatoms. The van der Waals surface area contributed by atoms with E-state index in [9.17, 15) is 14.4 Å². The van der Waals surface area contributed by atoms with Gasteiger partial charge in [0.05, 0.1) is 11.7 Å². The lowest BCUT2D eigenvalue weighted by Gasteiger charge is -2.25. The standard InChI is InChI=1S/C21H20N6O4/c28-19(22-11-13-4-5-17-14(8-13)26-21(30)31-17)15-9-16(27-18(25-15)6-7-24-27)20(29)23-10-12-2-1-3-12/h4-9,12H,1-3,10-11H2,(H,22,28)(H,23,29)(H,26,30). The fourth-order valence-corrected chi connectivity index (χ4v) is 3.60. The van der Waals surface area contributed by atoms with E-state index in [1.807, 2.05) is 0 Å². The zero-order chi connectivity index (χ0) is 21.4. The van der Waals surface area contributed by atoms with E-state index in [1.165, 1.54) is 23.2 Å². The number of carbonyl (C=O) groups is 2. The molecule has 0 aliphatic heterocycles. The summed E-state index contributed by atoms with van der Waals surface area (Å²) in [6.07, 6.45) is 4.99. The van der Waals surface area contributed by atoms with Gasteiger partial charge >= 0.3 is 5.76 Å². The number of H-pyrrole nitrogens is 1. The van der Waals surface area contributed by atoms with Crippen molar-refractivity contribution in [1.82, 2.24) is 30.2 Å². The van der Waals surface area contributed by atoms with Crippen LogP contribution >= 0.6 is 0 Å². The molecule has 5 rings (SSSR count). The number of hydrogen-bond donors (Lipinski definition) is 3. The first-order valence-corrected chi connectivity index (χ1v) is 10.1. The second kappa shape index (κ2) is 7.71. The predicted octanol–water partition coefficient (Wildman–Crippen LogP) is 1.62. The van der Waals surface area contributed by atoms with Gasteiger partial charge in [0.2, 0.25) is 0 Å². The van der Waals surface area contributed by atoms with E-state index >= 15 is 0 Å². The van der Waals surface area contributed by atoms with Crippen molar-refractivity contribution in [2.75, 3.05) is 6.54 Å². The van der Waals surface area contributed by atoms with Crippen LogP contribution in [0.3, 0.4) is 0 Å². The van der Waals surface area contributed by atoms with Crippen LogP contribution in [0.25, 0.3) is 16.7 Å². The number of oxazole rings is 1. The molecule has 2 amide bonds. The maximum atomic E-state index is 12.7. The maximum Gasteiger partial charge on any atom is 0.417 e. The molecule has 1 fully saturated rings. The molecule has 31 heavy (non-hydrogen) atoms. The molecule has 4 aromatic rings. The van der Waals surface area contributed by atoms with E-state index in [-0.39, 0.29) is 23.8 Å². The molecule has 10 nitrogen and oxygen atoms in total. The highest BCUT2D eigenvalue weighted by molar-refractivity contribution is 5.98. The lowest BCUT2D eigenvalue weighted by Crippen LogP contribution is -2.34. The number of nitrogens with zero attached hydrogens (tertiary/aromatic N) is 3. The first kappa shape index (κ1) is 19.0. The lowest BCUT2D eigenvalue weighted by atomic mass is 9.85. The number of amides is 2. The largest absolute Gasteiger partial charge is 0.417 e. The van der Waals surface area contributed by atoms with Gasteiger partial charge in [0.15, 0.2) is 11.2 Å². The molecule has 3 heterocycles. The number of nitrogens with one attached hydrogen (secondary N) is 3. The third kappa shape index (κ3) is 3.79.